The van der Waals surface area contributed by atoms with E-state index in [2.05, 4.69) is 4.99 Å². The second kappa shape index (κ2) is 8.38. The van der Waals surface area contributed by atoms with Crippen LogP contribution in [0.3, 0.4) is 0 Å². The number of benzene rings is 1. The zero-order valence-electron chi connectivity index (χ0n) is 16.2. The van der Waals surface area contributed by atoms with Crippen molar-refractivity contribution in [3.63, 3.8) is 0 Å². The number of nitrogens with zero attached hydrogens (tertiary/aromatic N) is 4. The Morgan fingerprint density at radius 2 is 1.90 bits per heavy atom. The summed E-state index contributed by atoms with van der Waals surface area (Å²) < 4.78 is 4.86. The van der Waals surface area contributed by atoms with Crippen molar-refractivity contribution >= 4 is 17.5 Å². The van der Waals surface area contributed by atoms with E-state index in [0.717, 1.165) is 19.3 Å². The van der Waals surface area contributed by atoms with E-state index in [0.29, 0.717) is 24.4 Å². The molecule has 10 heteroatoms. The number of nitro groups is 2. The van der Waals surface area contributed by atoms with E-state index in [1.54, 1.807) is 13.0 Å². The van der Waals surface area contributed by atoms with Crippen LogP contribution in [0.5, 0.6) is 0 Å². The minimum absolute atomic E-state index is 0.0513. The van der Waals surface area contributed by atoms with Crippen molar-refractivity contribution in [1.29, 1.82) is 0 Å². The van der Waals surface area contributed by atoms with E-state index >= 15 is 0 Å². The van der Waals surface area contributed by atoms with Gasteiger partial charge in [-0.15, -0.1) is 0 Å². The number of allylic oxidation sites excluding steroid dienone is 1. The molecule has 2 heterocycles. The number of likely N-dealkylation sites (tertiary alicyclic amines) is 1. The van der Waals surface area contributed by atoms with Crippen LogP contribution in [0.2, 0.25) is 0 Å². The van der Waals surface area contributed by atoms with E-state index in [1.807, 2.05) is 4.90 Å². The number of nitro benzene ring substituents is 1. The molecule has 1 aromatic carbocycles. The minimum Gasteiger partial charge on any atom is -0.466 e. The van der Waals surface area contributed by atoms with Crippen LogP contribution < -0.4 is 0 Å². The van der Waals surface area contributed by atoms with Gasteiger partial charge in [0.1, 0.15) is 0 Å². The maximum Gasteiger partial charge on any atom is 0.336 e. The number of ether oxygens (including phenoxy) is 1. The molecule has 0 saturated carbocycles. The van der Waals surface area contributed by atoms with Crippen molar-refractivity contribution in [3.05, 3.63) is 61.3 Å². The summed E-state index contributed by atoms with van der Waals surface area (Å²) in [4.78, 5) is 41.2. The number of hydrogen-bond acceptors (Lipinski definition) is 8. The van der Waals surface area contributed by atoms with Crippen molar-refractivity contribution in [2.45, 2.75) is 38.1 Å². The van der Waals surface area contributed by atoms with Gasteiger partial charge in [-0.05, 0) is 31.7 Å². The summed E-state index contributed by atoms with van der Waals surface area (Å²) in [5, 5.41) is 23.4. The number of carbonyl (C=O) groups is 1. The van der Waals surface area contributed by atoms with Gasteiger partial charge in [-0.1, -0.05) is 12.1 Å². The topological polar surface area (TPSA) is 128 Å². The fourth-order valence-corrected chi connectivity index (χ4v) is 3.99. The third-order valence-corrected chi connectivity index (χ3v) is 5.32. The lowest BCUT2D eigenvalue weighted by Crippen LogP contribution is -2.50. The summed E-state index contributed by atoms with van der Waals surface area (Å²) >= 11 is 0. The second-order valence-electron chi connectivity index (χ2n) is 7.07. The van der Waals surface area contributed by atoms with Crippen LogP contribution in [0.15, 0.2) is 40.5 Å². The maximum atomic E-state index is 12.5. The third kappa shape index (κ3) is 3.96. The van der Waals surface area contributed by atoms with Gasteiger partial charge in [0.25, 0.3) is 11.7 Å². The Morgan fingerprint density at radius 1 is 1.21 bits per heavy atom. The Labute approximate surface area is 167 Å². The molecule has 0 spiro atoms. The number of methoxy groups -OCH3 is 1. The quantitative estimate of drug-likeness (QED) is 0.430. The second-order valence-corrected chi connectivity index (χ2v) is 7.07. The molecule has 0 N–H and O–H groups in total. The van der Waals surface area contributed by atoms with Gasteiger partial charge in [-0.3, -0.25) is 20.2 Å². The number of non-ortho nitro benzene ring substituents is 1. The molecule has 1 aromatic rings. The van der Waals surface area contributed by atoms with E-state index < -0.39 is 27.8 Å². The molecule has 0 aromatic heterocycles. The van der Waals surface area contributed by atoms with Crippen molar-refractivity contribution < 1.29 is 19.4 Å². The highest BCUT2D eigenvalue weighted by Crippen LogP contribution is 2.39. The van der Waals surface area contributed by atoms with Crippen LogP contribution in [0.4, 0.5) is 5.69 Å². The van der Waals surface area contributed by atoms with Crippen molar-refractivity contribution in [1.82, 2.24) is 4.90 Å². The fraction of sp³-hybridized carbons (Fsp3) is 0.474. The number of esters is 1. The molecular weight excluding hydrogens is 380 g/mol. The first-order valence-corrected chi connectivity index (χ1v) is 9.35. The molecule has 0 aliphatic carbocycles. The molecule has 1 fully saturated rings. The average molecular weight is 402 g/mol. The Bertz CT molecular complexity index is 904. The first-order valence-electron chi connectivity index (χ1n) is 9.35. The summed E-state index contributed by atoms with van der Waals surface area (Å²) in [5.41, 5.74) is 0.487. The molecule has 0 radical (unpaired) electrons. The van der Waals surface area contributed by atoms with Gasteiger partial charge in [0.2, 0.25) is 0 Å². The molecule has 154 valence electrons. The molecule has 2 aliphatic rings. The summed E-state index contributed by atoms with van der Waals surface area (Å²) in [6, 6.07) is 4.26. The molecule has 29 heavy (non-hydrogen) atoms. The number of piperidine rings is 1. The van der Waals surface area contributed by atoms with Crippen molar-refractivity contribution in [2.24, 2.45) is 4.99 Å². The Kier molecular flexibility index (Phi) is 5.90. The lowest BCUT2D eigenvalue weighted by Gasteiger charge is -2.36. The Hall–Kier alpha value is -3.30. The van der Waals surface area contributed by atoms with Crippen molar-refractivity contribution in [3.8, 4) is 0 Å². The molecule has 2 atom stereocenters. The van der Waals surface area contributed by atoms with Gasteiger partial charge >= 0.3 is 5.97 Å². The average Bonchev–Trinajstić information content (AvgIpc) is 2.72. The van der Waals surface area contributed by atoms with E-state index in [-0.39, 0.29) is 17.1 Å². The normalized spacial score (nSPS) is 22.1. The highest BCUT2D eigenvalue weighted by Gasteiger charge is 2.48. The first-order chi connectivity index (χ1) is 13.8. The van der Waals surface area contributed by atoms with Gasteiger partial charge in [0.05, 0.1) is 29.2 Å². The lowest BCUT2D eigenvalue weighted by atomic mass is 9.81. The highest BCUT2D eigenvalue weighted by molar-refractivity contribution is 5.98. The van der Waals surface area contributed by atoms with Crippen LogP contribution in [0, 0.1) is 20.2 Å². The van der Waals surface area contributed by atoms with E-state index in [1.165, 1.54) is 25.3 Å². The van der Waals surface area contributed by atoms with Crippen molar-refractivity contribution in [2.75, 3.05) is 20.2 Å². The van der Waals surface area contributed by atoms with Gasteiger partial charge in [-0.2, -0.15) is 0 Å². The predicted octanol–water partition coefficient (Wildman–Crippen LogP) is 2.67. The predicted molar refractivity (Wildman–Crippen MR) is 104 cm³/mol. The van der Waals surface area contributed by atoms with Crippen LogP contribution in [-0.2, 0) is 9.53 Å². The molecule has 2 aliphatic heterocycles. The highest BCUT2D eigenvalue weighted by atomic mass is 16.6. The number of aliphatic imine (C=N–C) groups is 1. The standard InChI is InChI=1S/C19H22N4O6/c1-12-15(19(24)29-2)16(13-7-6-8-14(11-13)22(25)26)17(23(27)28)18(20-12)21-9-4-3-5-10-21/h6-8,11,16-17H,3-5,9-10H2,1-2H3. The van der Waals surface area contributed by atoms with Crippen LogP contribution in [0.1, 0.15) is 37.7 Å². The Balaban J connectivity index is 2.19. The monoisotopic (exact) mass is 402 g/mol. The number of hydrogen-bond donors (Lipinski definition) is 0. The van der Waals surface area contributed by atoms with Crippen LogP contribution in [-0.4, -0.2) is 52.8 Å². The molecule has 3 rings (SSSR count). The summed E-state index contributed by atoms with van der Waals surface area (Å²) in [6.07, 6.45) is 2.85. The molecule has 2 unspecified atom stereocenters. The molecule has 1 saturated heterocycles. The molecular formula is C19H22N4O6. The largest absolute Gasteiger partial charge is 0.466 e. The number of amidine groups is 1. The van der Waals surface area contributed by atoms with E-state index in [4.69, 9.17) is 4.74 Å². The minimum atomic E-state index is -1.34. The SMILES string of the molecule is COC(=O)C1=C(C)N=C(N2CCCCC2)C([N+](=O)[O-])C1c1cccc([N+](=O)[O-])c1. The van der Waals surface area contributed by atoms with Gasteiger partial charge in [0.15, 0.2) is 5.84 Å². The Morgan fingerprint density at radius 3 is 2.48 bits per heavy atom. The maximum absolute atomic E-state index is 12.5. The zero-order chi connectivity index (χ0) is 21.1. The molecule has 10 nitrogen and oxygen atoms in total. The summed E-state index contributed by atoms with van der Waals surface area (Å²) in [6.45, 7) is 2.90. The first kappa shape index (κ1) is 20.4. The molecule has 0 amide bonds. The number of rotatable bonds is 4. The van der Waals surface area contributed by atoms with E-state index in [9.17, 15) is 25.0 Å². The summed E-state index contributed by atoms with van der Waals surface area (Å²) in [5.74, 6) is -1.48. The van der Waals surface area contributed by atoms with Crippen LogP contribution in [0.25, 0.3) is 0 Å². The smallest absolute Gasteiger partial charge is 0.336 e. The van der Waals surface area contributed by atoms with Crippen LogP contribution >= 0.6 is 0 Å². The zero-order valence-corrected chi connectivity index (χ0v) is 16.2. The van der Waals surface area contributed by atoms with Gasteiger partial charge in [-0.25, -0.2) is 9.79 Å². The lowest BCUT2D eigenvalue weighted by molar-refractivity contribution is -0.507. The van der Waals surface area contributed by atoms with Gasteiger partial charge < -0.3 is 9.64 Å². The summed E-state index contributed by atoms with van der Waals surface area (Å²) in [7, 11) is 1.19. The number of carbonyl (C=O) groups excluding carboxylic acids is 1. The fourth-order valence-electron chi connectivity index (χ4n) is 3.99. The van der Waals surface area contributed by atoms with Gasteiger partial charge in [0, 0.05) is 30.1 Å². The third-order valence-electron chi connectivity index (χ3n) is 5.32. The molecule has 0 bridgehead atoms.